The summed E-state index contributed by atoms with van der Waals surface area (Å²) in [5.41, 5.74) is 1.18. The first-order valence-electron chi connectivity index (χ1n) is 12.4. The van der Waals surface area contributed by atoms with Gasteiger partial charge in [0.1, 0.15) is 0 Å². The second-order valence-corrected chi connectivity index (χ2v) is 12.5. The Kier molecular flexibility index (Phi) is 12.3. The number of halogens is 1. The maximum atomic E-state index is 12.6. The fourth-order valence-corrected chi connectivity index (χ4v) is 7.34. The van der Waals surface area contributed by atoms with Gasteiger partial charge in [-0.15, -0.1) is 0 Å². The van der Waals surface area contributed by atoms with Crippen LogP contribution in [0.1, 0.15) is 53.4 Å². The van der Waals surface area contributed by atoms with Gasteiger partial charge in [0.15, 0.2) is 0 Å². The van der Waals surface area contributed by atoms with Crippen LogP contribution in [0.3, 0.4) is 0 Å². The van der Waals surface area contributed by atoms with Gasteiger partial charge < -0.3 is 9.47 Å². The van der Waals surface area contributed by atoms with Crippen molar-refractivity contribution in [3.8, 4) is 0 Å². The molecule has 4 rings (SSSR count). The van der Waals surface area contributed by atoms with Gasteiger partial charge in [0, 0.05) is 23.4 Å². The Labute approximate surface area is 255 Å². The van der Waals surface area contributed by atoms with Crippen LogP contribution in [0.2, 0.25) is 0 Å². The molecule has 2 heterocycles. The van der Waals surface area contributed by atoms with Gasteiger partial charge in [0.25, 0.3) is 20.0 Å². The summed E-state index contributed by atoms with van der Waals surface area (Å²) in [7, 11) is -7.42. The average Bonchev–Trinajstić information content (AvgIpc) is 3.59. The Morgan fingerprint density at radius 3 is 1.55 bits per heavy atom. The van der Waals surface area contributed by atoms with Gasteiger partial charge in [-0.25, -0.2) is 34.4 Å². The zero-order chi connectivity index (χ0) is 30.2. The monoisotopic (exact) mass is 680 g/mol. The summed E-state index contributed by atoms with van der Waals surface area (Å²) in [5.74, 6) is -1.05. The molecule has 0 radical (unpaired) electrons. The Morgan fingerprint density at radius 2 is 1.10 bits per heavy atom. The SMILES string of the molecule is C.CCOC(=O)c1ccn(S(=O)(=O)c2ccccc2)c1C.CCOC(=O)c1ccn(S(=O)(=O)c2ccccc2)c1CBr. The van der Waals surface area contributed by atoms with E-state index in [9.17, 15) is 26.4 Å². The molecule has 226 valence electrons. The predicted molar refractivity (Wildman–Crippen MR) is 163 cm³/mol. The van der Waals surface area contributed by atoms with Gasteiger partial charge in [-0.2, -0.15) is 0 Å². The van der Waals surface area contributed by atoms with Crippen LogP contribution in [0.5, 0.6) is 0 Å². The lowest BCUT2D eigenvalue weighted by molar-refractivity contribution is 0.0516. The molecular weight excluding hydrogens is 648 g/mol. The highest BCUT2D eigenvalue weighted by Gasteiger charge is 2.25. The fourth-order valence-electron chi connectivity index (χ4n) is 3.79. The fraction of sp³-hybridized carbons (Fsp3) is 0.241. The zero-order valence-electron chi connectivity index (χ0n) is 22.6. The van der Waals surface area contributed by atoms with E-state index in [2.05, 4.69) is 15.9 Å². The van der Waals surface area contributed by atoms with E-state index in [0.29, 0.717) is 11.4 Å². The lowest BCUT2D eigenvalue weighted by Crippen LogP contribution is -2.16. The normalized spacial score (nSPS) is 11.0. The van der Waals surface area contributed by atoms with E-state index in [1.54, 1.807) is 57.2 Å². The standard InChI is InChI=1S/C14H14BrNO4S.C14H15NO4S.CH4/c1-2-20-14(17)12-8-9-16(13(12)10-15)21(18,19)11-6-4-3-5-7-11;1-3-19-14(16)13-9-10-15(11(13)2)20(17,18)12-7-5-4-6-8-12;/h3-9H,2,10H2,1H3;4-10H,3H2,1-2H3;1H4. The first-order valence-corrected chi connectivity index (χ1v) is 16.4. The minimum absolute atomic E-state index is 0. The van der Waals surface area contributed by atoms with E-state index >= 15 is 0 Å². The van der Waals surface area contributed by atoms with Crippen molar-refractivity contribution in [2.24, 2.45) is 0 Å². The molecule has 0 saturated carbocycles. The molecule has 0 amide bonds. The Hall–Kier alpha value is -3.68. The summed E-state index contributed by atoms with van der Waals surface area (Å²) < 4.78 is 62.1. The number of esters is 2. The second kappa shape index (κ2) is 15.0. The van der Waals surface area contributed by atoms with Crippen LogP contribution in [0.4, 0.5) is 0 Å². The van der Waals surface area contributed by atoms with E-state index in [1.807, 2.05) is 0 Å². The van der Waals surface area contributed by atoms with Crippen molar-refractivity contribution in [3.05, 3.63) is 108 Å². The number of alkyl halides is 1. The highest BCUT2D eigenvalue weighted by molar-refractivity contribution is 9.08. The molecule has 0 unspecified atom stereocenters. The van der Waals surface area contributed by atoms with Crippen molar-refractivity contribution in [1.82, 2.24) is 7.94 Å². The Bertz CT molecular complexity index is 1710. The molecule has 0 aliphatic heterocycles. The van der Waals surface area contributed by atoms with Crippen LogP contribution in [-0.2, 0) is 34.9 Å². The molecule has 0 fully saturated rings. The van der Waals surface area contributed by atoms with Gasteiger partial charge in [-0.3, -0.25) is 0 Å². The van der Waals surface area contributed by atoms with Crippen LogP contribution in [0.25, 0.3) is 0 Å². The van der Waals surface area contributed by atoms with Crippen LogP contribution in [0.15, 0.2) is 95.0 Å². The van der Waals surface area contributed by atoms with Crippen molar-refractivity contribution < 1.29 is 35.9 Å². The van der Waals surface area contributed by atoms with Gasteiger partial charge in [0.05, 0.1) is 39.8 Å². The average molecular weight is 682 g/mol. The molecule has 0 aliphatic carbocycles. The Balaban J connectivity index is 0.000000287. The van der Waals surface area contributed by atoms with Gasteiger partial charge in [-0.05, 0) is 57.2 Å². The van der Waals surface area contributed by atoms with Gasteiger partial charge >= 0.3 is 11.9 Å². The molecule has 0 bridgehead atoms. The molecule has 0 N–H and O–H groups in total. The zero-order valence-corrected chi connectivity index (χ0v) is 25.8. The molecule has 42 heavy (non-hydrogen) atoms. The number of hydrogen-bond donors (Lipinski definition) is 0. The largest absolute Gasteiger partial charge is 0.462 e. The van der Waals surface area contributed by atoms with E-state index < -0.39 is 32.0 Å². The molecule has 2 aromatic heterocycles. The summed E-state index contributed by atoms with van der Waals surface area (Å²) in [6, 6.07) is 19.0. The third-order valence-electron chi connectivity index (χ3n) is 5.77. The number of aromatic nitrogens is 2. The molecule has 0 spiro atoms. The number of carbonyl (C=O) groups excluding carboxylic acids is 2. The topological polar surface area (TPSA) is 131 Å². The van der Waals surface area contributed by atoms with Crippen LogP contribution in [-0.4, -0.2) is 49.9 Å². The molecule has 13 heteroatoms. The maximum Gasteiger partial charge on any atom is 0.340 e. The van der Waals surface area contributed by atoms with E-state index in [4.69, 9.17) is 9.47 Å². The summed E-state index contributed by atoms with van der Waals surface area (Å²) in [6.07, 6.45) is 2.73. The summed E-state index contributed by atoms with van der Waals surface area (Å²) in [6.45, 7) is 5.45. The third kappa shape index (κ3) is 7.39. The minimum Gasteiger partial charge on any atom is -0.462 e. The van der Waals surface area contributed by atoms with Crippen LogP contribution in [0, 0.1) is 6.92 Å². The molecule has 2 aromatic carbocycles. The highest BCUT2D eigenvalue weighted by Crippen LogP contribution is 2.23. The number of ether oxygens (including phenoxy) is 2. The van der Waals surface area contributed by atoms with Crippen molar-refractivity contribution in [2.45, 2.75) is 43.3 Å². The number of hydrogen-bond acceptors (Lipinski definition) is 8. The molecule has 10 nitrogen and oxygen atoms in total. The summed E-state index contributed by atoms with van der Waals surface area (Å²) >= 11 is 3.23. The molecule has 4 aromatic rings. The van der Waals surface area contributed by atoms with Gasteiger partial charge in [0.2, 0.25) is 0 Å². The number of nitrogens with zero attached hydrogens (tertiary/aromatic N) is 2. The first kappa shape index (κ1) is 34.5. The summed E-state index contributed by atoms with van der Waals surface area (Å²) in [4.78, 5) is 23.9. The van der Waals surface area contributed by atoms with E-state index in [-0.39, 0.29) is 46.9 Å². The molecule has 0 atom stereocenters. The van der Waals surface area contributed by atoms with E-state index in [1.165, 1.54) is 48.8 Å². The lowest BCUT2D eigenvalue weighted by atomic mass is 10.2. The second-order valence-electron chi connectivity index (χ2n) is 8.29. The maximum absolute atomic E-state index is 12.6. The lowest BCUT2D eigenvalue weighted by Gasteiger charge is -2.10. The smallest absolute Gasteiger partial charge is 0.340 e. The summed E-state index contributed by atoms with van der Waals surface area (Å²) in [5, 5.41) is 0.222. The van der Waals surface area contributed by atoms with Crippen molar-refractivity contribution >= 4 is 47.9 Å². The molecule has 0 saturated heterocycles. The predicted octanol–water partition coefficient (Wildman–Crippen LogP) is 5.64. The van der Waals surface area contributed by atoms with Crippen LogP contribution >= 0.6 is 15.9 Å². The number of benzene rings is 2. The molecule has 0 aliphatic rings. The number of carbonyl (C=O) groups is 2. The van der Waals surface area contributed by atoms with Crippen molar-refractivity contribution in [2.75, 3.05) is 13.2 Å². The van der Waals surface area contributed by atoms with E-state index in [0.717, 1.165) is 7.94 Å². The first-order chi connectivity index (χ1) is 19.5. The number of rotatable bonds is 9. The van der Waals surface area contributed by atoms with Crippen molar-refractivity contribution in [1.29, 1.82) is 0 Å². The Morgan fingerprint density at radius 1 is 0.690 bits per heavy atom. The van der Waals surface area contributed by atoms with Crippen LogP contribution < -0.4 is 0 Å². The highest BCUT2D eigenvalue weighted by atomic mass is 79.9. The van der Waals surface area contributed by atoms with Gasteiger partial charge in [-0.1, -0.05) is 59.8 Å². The minimum atomic E-state index is -3.73. The quantitative estimate of drug-likeness (QED) is 0.164. The third-order valence-corrected chi connectivity index (χ3v) is 9.81. The van der Waals surface area contributed by atoms with Crippen molar-refractivity contribution in [3.63, 3.8) is 0 Å². The molecular formula is C29H33BrN2O8S2.